The van der Waals surface area contributed by atoms with Crippen LogP contribution in [0.15, 0.2) is 41.8 Å². The van der Waals surface area contributed by atoms with Crippen LogP contribution in [0.1, 0.15) is 29.6 Å². The average Bonchev–Trinajstić information content (AvgIpc) is 2.97. The van der Waals surface area contributed by atoms with Gasteiger partial charge >= 0.3 is 5.97 Å². The zero-order valence-electron chi connectivity index (χ0n) is 12.9. The van der Waals surface area contributed by atoms with E-state index in [1.165, 1.54) is 17.4 Å². The lowest BCUT2D eigenvalue weighted by Gasteiger charge is -2.29. The molecule has 1 aromatic carbocycles. The summed E-state index contributed by atoms with van der Waals surface area (Å²) in [6.45, 7) is 3.61. The molecule has 1 atom stereocenters. The topological polar surface area (TPSA) is 79.3 Å². The van der Waals surface area contributed by atoms with Gasteiger partial charge in [0, 0.05) is 11.5 Å². The van der Waals surface area contributed by atoms with Gasteiger partial charge in [-0.2, -0.15) is 0 Å². The summed E-state index contributed by atoms with van der Waals surface area (Å²) in [5.41, 5.74) is -0.221. The Morgan fingerprint density at radius 2 is 2.04 bits per heavy atom. The number of carbonyl (C=O) groups is 2. The lowest BCUT2D eigenvalue weighted by Crippen LogP contribution is -2.51. The standard InChI is InChI=1S/C17H18N2O3S/c1-3-17(16(21)22,13-7-5-4-6-8-13)19-15(20)10-9-14-11-23-12(2)18-14/h4-11H,3H2,1-2H3,(H,19,20)(H,21,22)/b10-9+. The summed E-state index contributed by atoms with van der Waals surface area (Å²) in [5.74, 6) is -1.55. The number of thiazole rings is 1. The Bertz CT molecular complexity index is 724. The number of nitrogens with zero attached hydrogens (tertiary/aromatic N) is 1. The van der Waals surface area contributed by atoms with Crippen molar-refractivity contribution in [2.45, 2.75) is 25.8 Å². The molecule has 1 aromatic heterocycles. The summed E-state index contributed by atoms with van der Waals surface area (Å²) >= 11 is 1.49. The molecule has 5 nitrogen and oxygen atoms in total. The second-order valence-electron chi connectivity index (χ2n) is 5.04. The van der Waals surface area contributed by atoms with Gasteiger partial charge < -0.3 is 10.4 Å². The monoisotopic (exact) mass is 330 g/mol. The molecule has 120 valence electrons. The van der Waals surface area contributed by atoms with Crippen molar-refractivity contribution in [1.82, 2.24) is 10.3 Å². The van der Waals surface area contributed by atoms with E-state index in [2.05, 4.69) is 10.3 Å². The Balaban J connectivity index is 2.23. The Morgan fingerprint density at radius 3 is 2.57 bits per heavy atom. The number of hydrogen-bond donors (Lipinski definition) is 2. The van der Waals surface area contributed by atoms with E-state index >= 15 is 0 Å². The summed E-state index contributed by atoms with van der Waals surface area (Å²) in [5, 5.41) is 15.0. The maximum absolute atomic E-state index is 12.2. The first-order valence-electron chi connectivity index (χ1n) is 7.19. The fourth-order valence-electron chi connectivity index (χ4n) is 2.29. The van der Waals surface area contributed by atoms with Gasteiger partial charge in [0.1, 0.15) is 0 Å². The molecule has 2 rings (SSSR count). The van der Waals surface area contributed by atoms with E-state index in [0.717, 1.165) is 5.01 Å². The fourth-order valence-corrected chi connectivity index (χ4v) is 2.87. The highest BCUT2D eigenvalue weighted by molar-refractivity contribution is 7.09. The van der Waals surface area contributed by atoms with Crippen LogP contribution in [0.4, 0.5) is 0 Å². The number of carboxylic acids is 1. The van der Waals surface area contributed by atoms with Gasteiger partial charge in [-0.15, -0.1) is 11.3 Å². The molecule has 0 spiro atoms. The zero-order chi connectivity index (χ0) is 16.9. The molecule has 23 heavy (non-hydrogen) atoms. The van der Waals surface area contributed by atoms with E-state index in [1.54, 1.807) is 43.3 Å². The molecule has 6 heteroatoms. The first-order valence-corrected chi connectivity index (χ1v) is 8.07. The van der Waals surface area contributed by atoms with Crippen LogP contribution in [-0.2, 0) is 15.1 Å². The van der Waals surface area contributed by atoms with E-state index in [0.29, 0.717) is 11.3 Å². The summed E-state index contributed by atoms with van der Waals surface area (Å²) in [6, 6.07) is 8.71. The minimum atomic E-state index is -1.44. The molecule has 0 aliphatic carbocycles. The van der Waals surface area contributed by atoms with Crippen LogP contribution in [0, 0.1) is 6.92 Å². The minimum absolute atomic E-state index is 0.238. The summed E-state index contributed by atoms with van der Waals surface area (Å²) in [7, 11) is 0. The smallest absolute Gasteiger partial charge is 0.334 e. The summed E-state index contributed by atoms with van der Waals surface area (Å²) < 4.78 is 0. The van der Waals surface area contributed by atoms with Crippen molar-refractivity contribution in [3.63, 3.8) is 0 Å². The highest BCUT2D eigenvalue weighted by Gasteiger charge is 2.39. The molecule has 0 bridgehead atoms. The maximum Gasteiger partial charge on any atom is 0.334 e. The molecule has 0 saturated carbocycles. The van der Waals surface area contributed by atoms with Gasteiger partial charge in [0.15, 0.2) is 5.54 Å². The number of hydrogen-bond acceptors (Lipinski definition) is 4. The van der Waals surface area contributed by atoms with Gasteiger partial charge in [-0.1, -0.05) is 37.3 Å². The lowest BCUT2D eigenvalue weighted by atomic mass is 9.87. The van der Waals surface area contributed by atoms with Crippen molar-refractivity contribution in [2.24, 2.45) is 0 Å². The molecule has 1 unspecified atom stereocenters. The Morgan fingerprint density at radius 1 is 1.35 bits per heavy atom. The third-order valence-electron chi connectivity index (χ3n) is 3.54. The average molecular weight is 330 g/mol. The van der Waals surface area contributed by atoms with Gasteiger partial charge in [0.05, 0.1) is 10.7 Å². The first kappa shape index (κ1) is 16.9. The lowest BCUT2D eigenvalue weighted by molar-refractivity contribution is -0.147. The van der Waals surface area contributed by atoms with Crippen LogP contribution in [-0.4, -0.2) is 22.0 Å². The van der Waals surface area contributed by atoms with E-state index in [9.17, 15) is 14.7 Å². The van der Waals surface area contributed by atoms with E-state index < -0.39 is 17.4 Å². The molecule has 0 saturated heterocycles. The number of amides is 1. The molecule has 2 aromatic rings. The normalized spacial score (nSPS) is 13.7. The third kappa shape index (κ3) is 3.84. The number of aromatic nitrogens is 1. The van der Waals surface area contributed by atoms with Crippen molar-refractivity contribution in [2.75, 3.05) is 0 Å². The van der Waals surface area contributed by atoms with Crippen LogP contribution in [0.5, 0.6) is 0 Å². The van der Waals surface area contributed by atoms with Gasteiger partial charge in [-0.3, -0.25) is 4.79 Å². The van der Waals surface area contributed by atoms with E-state index in [4.69, 9.17) is 0 Å². The van der Waals surface area contributed by atoms with Crippen molar-refractivity contribution >= 4 is 29.3 Å². The largest absolute Gasteiger partial charge is 0.479 e. The SMILES string of the molecule is CCC(NC(=O)/C=C/c1csc(C)n1)(C(=O)O)c1ccccc1. The summed E-state index contributed by atoms with van der Waals surface area (Å²) in [6.07, 6.45) is 3.12. The maximum atomic E-state index is 12.2. The van der Waals surface area contributed by atoms with Crippen molar-refractivity contribution in [1.29, 1.82) is 0 Å². The highest BCUT2D eigenvalue weighted by Crippen LogP contribution is 2.25. The zero-order valence-corrected chi connectivity index (χ0v) is 13.8. The number of carbonyl (C=O) groups excluding carboxylic acids is 1. The first-order chi connectivity index (χ1) is 11.0. The molecule has 0 aliphatic rings. The second-order valence-corrected chi connectivity index (χ2v) is 6.11. The Kier molecular flexibility index (Phi) is 5.28. The molecule has 1 heterocycles. The fraction of sp³-hybridized carbons (Fsp3) is 0.235. The van der Waals surface area contributed by atoms with Gasteiger partial charge in [-0.25, -0.2) is 9.78 Å². The molecular formula is C17H18N2O3S. The Labute approximate surface area is 138 Å². The van der Waals surface area contributed by atoms with E-state index in [-0.39, 0.29) is 6.42 Å². The van der Waals surface area contributed by atoms with Crippen LogP contribution < -0.4 is 5.32 Å². The van der Waals surface area contributed by atoms with Crippen LogP contribution in [0.3, 0.4) is 0 Å². The van der Waals surface area contributed by atoms with Crippen molar-refractivity contribution in [3.05, 3.63) is 58.1 Å². The predicted molar refractivity (Wildman–Crippen MR) is 90.1 cm³/mol. The number of aliphatic carboxylic acids is 1. The second kappa shape index (κ2) is 7.19. The summed E-state index contributed by atoms with van der Waals surface area (Å²) in [4.78, 5) is 28.2. The number of carboxylic acid groups (broad SMARTS) is 1. The quantitative estimate of drug-likeness (QED) is 0.798. The number of nitrogens with one attached hydrogen (secondary N) is 1. The van der Waals surface area contributed by atoms with Gasteiger partial charge in [0.2, 0.25) is 5.91 Å². The van der Waals surface area contributed by atoms with Crippen LogP contribution in [0.25, 0.3) is 6.08 Å². The molecular weight excluding hydrogens is 312 g/mol. The molecule has 2 N–H and O–H groups in total. The minimum Gasteiger partial charge on any atom is -0.479 e. The predicted octanol–water partition coefficient (Wildman–Crippen LogP) is 2.97. The van der Waals surface area contributed by atoms with Gasteiger partial charge in [0.25, 0.3) is 0 Å². The number of rotatable bonds is 6. The van der Waals surface area contributed by atoms with Crippen molar-refractivity contribution in [3.8, 4) is 0 Å². The van der Waals surface area contributed by atoms with Crippen LogP contribution in [0.2, 0.25) is 0 Å². The van der Waals surface area contributed by atoms with E-state index in [1.807, 2.05) is 12.3 Å². The molecule has 1 amide bonds. The molecule has 0 fully saturated rings. The third-order valence-corrected chi connectivity index (χ3v) is 4.33. The number of benzene rings is 1. The van der Waals surface area contributed by atoms with Gasteiger partial charge in [-0.05, 0) is 25.0 Å². The Hall–Kier alpha value is -2.47. The van der Waals surface area contributed by atoms with Crippen LogP contribution >= 0.6 is 11.3 Å². The number of aryl methyl sites for hydroxylation is 1. The highest BCUT2D eigenvalue weighted by atomic mass is 32.1. The molecule has 0 radical (unpaired) electrons. The van der Waals surface area contributed by atoms with Crippen molar-refractivity contribution < 1.29 is 14.7 Å². The molecule has 0 aliphatic heterocycles.